The lowest BCUT2D eigenvalue weighted by Crippen LogP contribution is -2.23. The maximum Gasteiger partial charge on any atom is 0.251 e. The van der Waals surface area contributed by atoms with Gasteiger partial charge in [-0.15, -0.1) is 0 Å². The fraction of sp³-hybridized carbons (Fsp3) is 0.111. The minimum Gasteiger partial charge on any atom is -0.348 e. The second-order valence-corrected chi connectivity index (χ2v) is 6.41. The van der Waals surface area contributed by atoms with E-state index in [0.717, 1.165) is 20.6 Å². The van der Waals surface area contributed by atoms with Gasteiger partial charge in [0, 0.05) is 28.1 Å². The van der Waals surface area contributed by atoms with Gasteiger partial charge in [0.15, 0.2) is 0 Å². The van der Waals surface area contributed by atoms with Crippen LogP contribution in [-0.4, -0.2) is 15.5 Å². The molecule has 2 aromatic carbocycles. The third kappa shape index (κ3) is 3.61. The number of benzene rings is 2. The molecule has 1 N–H and O–H groups in total. The molecule has 116 valence electrons. The van der Waals surface area contributed by atoms with Crippen molar-refractivity contribution in [2.75, 3.05) is 0 Å². The van der Waals surface area contributed by atoms with Crippen LogP contribution in [0.25, 0.3) is 5.69 Å². The third-order valence-electron chi connectivity index (χ3n) is 3.62. The normalized spacial score (nSPS) is 10.5. The van der Waals surface area contributed by atoms with Crippen molar-refractivity contribution in [3.05, 3.63) is 81.4 Å². The van der Waals surface area contributed by atoms with Gasteiger partial charge in [-0.3, -0.25) is 4.79 Å². The van der Waals surface area contributed by atoms with Gasteiger partial charge in [0.25, 0.3) is 5.91 Å². The van der Waals surface area contributed by atoms with E-state index < -0.39 is 0 Å². The van der Waals surface area contributed by atoms with Crippen LogP contribution in [0.1, 0.15) is 21.7 Å². The summed E-state index contributed by atoms with van der Waals surface area (Å²) >= 11 is 2.22. The molecule has 0 atom stereocenters. The molecule has 0 saturated heterocycles. The molecule has 3 rings (SSSR count). The highest BCUT2D eigenvalue weighted by molar-refractivity contribution is 14.1. The Morgan fingerprint density at radius 3 is 2.61 bits per heavy atom. The van der Waals surface area contributed by atoms with Crippen molar-refractivity contribution in [1.29, 1.82) is 0 Å². The first kappa shape index (κ1) is 15.7. The lowest BCUT2D eigenvalue weighted by Gasteiger charge is -2.12. The number of rotatable bonds is 4. The van der Waals surface area contributed by atoms with Crippen LogP contribution < -0.4 is 5.32 Å². The van der Waals surface area contributed by atoms with E-state index >= 15 is 0 Å². The zero-order valence-electron chi connectivity index (χ0n) is 12.7. The van der Waals surface area contributed by atoms with Crippen molar-refractivity contribution in [1.82, 2.24) is 14.9 Å². The van der Waals surface area contributed by atoms with Crippen molar-refractivity contribution < 1.29 is 4.79 Å². The second kappa shape index (κ2) is 6.95. The molecule has 0 bridgehead atoms. The van der Waals surface area contributed by atoms with E-state index in [2.05, 4.69) is 32.9 Å². The van der Waals surface area contributed by atoms with Gasteiger partial charge in [0.05, 0.1) is 5.69 Å². The van der Waals surface area contributed by atoms with Crippen LogP contribution in [-0.2, 0) is 6.54 Å². The molecule has 0 aliphatic rings. The van der Waals surface area contributed by atoms with Crippen LogP contribution in [0.2, 0.25) is 0 Å². The van der Waals surface area contributed by atoms with Crippen molar-refractivity contribution in [2.24, 2.45) is 0 Å². The van der Waals surface area contributed by atoms with E-state index in [9.17, 15) is 4.79 Å². The zero-order valence-corrected chi connectivity index (χ0v) is 14.8. The molecular weight excluding hydrogens is 401 g/mol. The number of nitrogens with one attached hydrogen (secondary N) is 1. The van der Waals surface area contributed by atoms with Crippen LogP contribution in [0.15, 0.2) is 60.9 Å². The number of halogens is 1. The van der Waals surface area contributed by atoms with Crippen LogP contribution in [0.4, 0.5) is 0 Å². The lowest BCUT2D eigenvalue weighted by molar-refractivity contribution is 0.0951. The Kier molecular flexibility index (Phi) is 4.76. The summed E-state index contributed by atoms with van der Waals surface area (Å²) in [4.78, 5) is 16.5. The number of amides is 1. The largest absolute Gasteiger partial charge is 0.348 e. The molecule has 3 aromatic rings. The number of carbonyl (C=O) groups is 1. The van der Waals surface area contributed by atoms with Crippen molar-refractivity contribution >= 4 is 28.5 Å². The predicted molar refractivity (Wildman–Crippen MR) is 98.6 cm³/mol. The van der Waals surface area contributed by atoms with E-state index in [1.807, 2.05) is 66.2 Å². The lowest BCUT2D eigenvalue weighted by atomic mass is 10.1. The minimum atomic E-state index is -0.0708. The molecule has 0 saturated carbocycles. The van der Waals surface area contributed by atoms with Crippen LogP contribution in [0.3, 0.4) is 0 Å². The number of nitrogens with zero attached hydrogens (tertiary/aromatic N) is 2. The smallest absolute Gasteiger partial charge is 0.251 e. The Morgan fingerprint density at radius 1 is 1.17 bits per heavy atom. The quantitative estimate of drug-likeness (QED) is 0.658. The third-order valence-corrected chi connectivity index (χ3v) is 4.34. The molecule has 1 amide bonds. The van der Waals surface area contributed by atoms with Crippen LogP contribution in [0, 0.1) is 10.5 Å². The summed E-state index contributed by atoms with van der Waals surface area (Å²) < 4.78 is 3.13. The molecule has 23 heavy (non-hydrogen) atoms. The Hall–Kier alpha value is -2.15. The van der Waals surface area contributed by atoms with Crippen molar-refractivity contribution in [3.8, 4) is 5.69 Å². The summed E-state index contributed by atoms with van der Waals surface area (Å²) in [6.45, 7) is 2.43. The summed E-state index contributed by atoms with van der Waals surface area (Å²) in [5, 5.41) is 2.98. The van der Waals surface area contributed by atoms with Gasteiger partial charge < -0.3 is 9.88 Å². The Balaban J connectivity index is 1.78. The highest BCUT2D eigenvalue weighted by Gasteiger charge is 2.09. The highest BCUT2D eigenvalue weighted by atomic mass is 127. The molecule has 5 heteroatoms. The number of para-hydroxylation sites is 1. The van der Waals surface area contributed by atoms with E-state index in [0.29, 0.717) is 12.1 Å². The van der Waals surface area contributed by atoms with Crippen molar-refractivity contribution in [3.63, 3.8) is 0 Å². The summed E-state index contributed by atoms with van der Waals surface area (Å²) in [6, 6.07) is 15.5. The number of aromatic nitrogens is 2. The fourth-order valence-corrected chi connectivity index (χ4v) is 2.77. The average molecular weight is 417 g/mol. The standard InChI is InChI=1S/C18H16IN3O/c1-13-20-10-11-22(13)17-5-3-2-4-15(17)12-21-18(23)14-6-8-16(19)9-7-14/h2-11H,12H2,1H3,(H,21,23). The van der Waals surface area contributed by atoms with E-state index in [-0.39, 0.29) is 5.91 Å². The van der Waals surface area contributed by atoms with Crippen LogP contribution >= 0.6 is 22.6 Å². The number of carbonyl (C=O) groups excluding carboxylic acids is 1. The second-order valence-electron chi connectivity index (χ2n) is 5.16. The molecule has 0 radical (unpaired) electrons. The molecule has 0 spiro atoms. The molecule has 0 aliphatic heterocycles. The SMILES string of the molecule is Cc1nccn1-c1ccccc1CNC(=O)c1ccc(I)cc1. The summed E-state index contributed by atoms with van der Waals surface area (Å²) in [6.07, 6.45) is 3.70. The molecular formula is C18H16IN3O. The topological polar surface area (TPSA) is 46.9 Å². The number of hydrogen-bond donors (Lipinski definition) is 1. The number of hydrogen-bond acceptors (Lipinski definition) is 2. The maximum absolute atomic E-state index is 12.3. The van der Waals surface area contributed by atoms with Crippen molar-refractivity contribution in [2.45, 2.75) is 13.5 Å². The minimum absolute atomic E-state index is 0.0708. The summed E-state index contributed by atoms with van der Waals surface area (Å²) in [7, 11) is 0. The first-order valence-corrected chi connectivity index (χ1v) is 8.35. The van der Waals surface area contributed by atoms with Crippen LogP contribution in [0.5, 0.6) is 0 Å². The first-order valence-electron chi connectivity index (χ1n) is 7.27. The molecule has 0 fully saturated rings. The van der Waals surface area contributed by atoms with Gasteiger partial charge in [-0.05, 0) is 65.4 Å². The molecule has 1 aromatic heterocycles. The molecule has 0 aliphatic carbocycles. The van der Waals surface area contributed by atoms with E-state index in [1.165, 1.54) is 0 Å². The number of aryl methyl sites for hydroxylation is 1. The van der Waals surface area contributed by atoms with Gasteiger partial charge >= 0.3 is 0 Å². The maximum atomic E-state index is 12.3. The van der Waals surface area contributed by atoms with Gasteiger partial charge in [-0.1, -0.05) is 18.2 Å². The predicted octanol–water partition coefficient (Wildman–Crippen LogP) is 3.72. The summed E-state index contributed by atoms with van der Waals surface area (Å²) in [5.74, 6) is 0.847. The monoisotopic (exact) mass is 417 g/mol. The fourth-order valence-electron chi connectivity index (χ4n) is 2.41. The Morgan fingerprint density at radius 2 is 1.91 bits per heavy atom. The molecule has 0 unspecified atom stereocenters. The summed E-state index contributed by atoms with van der Waals surface area (Å²) in [5.41, 5.74) is 2.75. The number of imidazole rings is 1. The zero-order chi connectivity index (χ0) is 16.2. The Labute approximate surface area is 148 Å². The average Bonchev–Trinajstić information content (AvgIpc) is 2.99. The Bertz CT molecular complexity index is 824. The van der Waals surface area contributed by atoms with Gasteiger partial charge in [-0.25, -0.2) is 4.98 Å². The molecule has 1 heterocycles. The molecule has 4 nitrogen and oxygen atoms in total. The van der Waals surface area contributed by atoms with Gasteiger partial charge in [0.1, 0.15) is 5.82 Å². The first-order chi connectivity index (χ1) is 11.1. The van der Waals surface area contributed by atoms with E-state index in [1.54, 1.807) is 6.20 Å². The van der Waals surface area contributed by atoms with Gasteiger partial charge in [0.2, 0.25) is 0 Å². The van der Waals surface area contributed by atoms with Gasteiger partial charge in [-0.2, -0.15) is 0 Å². The van der Waals surface area contributed by atoms with E-state index in [4.69, 9.17) is 0 Å². The highest BCUT2D eigenvalue weighted by Crippen LogP contribution is 2.16.